The average Bonchev–Trinajstić information content (AvgIpc) is 2.67. The Morgan fingerprint density at radius 1 is 0.741 bits per heavy atom. The van der Waals surface area contributed by atoms with Gasteiger partial charge in [-0.25, -0.2) is 9.97 Å². The number of benzene rings is 3. The van der Waals surface area contributed by atoms with Crippen LogP contribution in [-0.4, -0.2) is 14.9 Å². The molecule has 0 N–H and O–H groups in total. The number of non-ortho nitro benzene ring substituents is 1. The predicted octanol–water partition coefficient (Wildman–Crippen LogP) is 6.18. The average molecular weight is 396 g/mol. The van der Waals surface area contributed by atoms with Crippen molar-refractivity contribution in [1.82, 2.24) is 9.97 Å². The van der Waals surface area contributed by atoms with Crippen LogP contribution in [0.1, 0.15) is 0 Å². The summed E-state index contributed by atoms with van der Waals surface area (Å²) in [6.07, 6.45) is 0. The molecular weight excluding hydrogens is 385 g/mol. The van der Waals surface area contributed by atoms with E-state index in [-0.39, 0.29) is 11.2 Å². The van der Waals surface area contributed by atoms with Crippen molar-refractivity contribution in [2.45, 2.75) is 0 Å². The van der Waals surface area contributed by atoms with E-state index in [0.717, 1.165) is 11.1 Å². The first-order valence-electron chi connectivity index (χ1n) is 8.00. The molecule has 5 nitrogen and oxygen atoms in total. The molecule has 132 valence electrons. The van der Waals surface area contributed by atoms with E-state index in [0.29, 0.717) is 26.9 Å². The number of nitro benzene ring substituents is 1. The molecular formula is C20H11Cl2N3O2. The van der Waals surface area contributed by atoms with Crippen LogP contribution in [0.5, 0.6) is 0 Å². The van der Waals surface area contributed by atoms with Crippen molar-refractivity contribution in [3.8, 4) is 22.5 Å². The van der Waals surface area contributed by atoms with Gasteiger partial charge in [0, 0.05) is 27.2 Å². The van der Waals surface area contributed by atoms with Crippen LogP contribution in [0.15, 0.2) is 66.7 Å². The third-order valence-electron chi connectivity index (χ3n) is 4.11. The smallest absolute Gasteiger partial charge is 0.258 e. The van der Waals surface area contributed by atoms with Crippen molar-refractivity contribution in [2.24, 2.45) is 0 Å². The fourth-order valence-electron chi connectivity index (χ4n) is 2.83. The quantitative estimate of drug-likeness (QED) is 0.306. The van der Waals surface area contributed by atoms with Crippen LogP contribution in [0.2, 0.25) is 10.0 Å². The van der Waals surface area contributed by atoms with E-state index in [1.54, 1.807) is 36.4 Å². The van der Waals surface area contributed by atoms with Crippen LogP contribution in [-0.2, 0) is 0 Å². The molecule has 3 aromatic carbocycles. The van der Waals surface area contributed by atoms with Gasteiger partial charge in [0.25, 0.3) is 5.69 Å². The second-order valence-electron chi connectivity index (χ2n) is 5.84. The zero-order valence-corrected chi connectivity index (χ0v) is 15.3. The van der Waals surface area contributed by atoms with Gasteiger partial charge in [-0.2, -0.15) is 0 Å². The molecule has 0 bridgehead atoms. The van der Waals surface area contributed by atoms with Crippen LogP contribution < -0.4 is 0 Å². The second kappa shape index (κ2) is 6.95. The van der Waals surface area contributed by atoms with E-state index < -0.39 is 4.92 Å². The summed E-state index contributed by atoms with van der Waals surface area (Å²) in [6, 6.07) is 19.1. The molecule has 0 saturated heterocycles. The lowest BCUT2D eigenvalue weighted by molar-refractivity contribution is -0.383. The Hall–Kier alpha value is -3.02. The number of para-hydroxylation sites is 1. The molecule has 1 heterocycles. The Morgan fingerprint density at radius 2 is 1.26 bits per heavy atom. The van der Waals surface area contributed by atoms with Gasteiger partial charge in [0.1, 0.15) is 0 Å². The van der Waals surface area contributed by atoms with E-state index in [1.807, 2.05) is 24.3 Å². The van der Waals surface area contributed by atoms with E-state index in [2.05, 4.69) is 9.97 Å². The Labute approximate surface area is 164 Å². The van der Waals surface area contributed by atoms with Gasteiger partial charge in [0.2, 0.25) is 0 Å². The molecule has 0 fully saturated rings. The van der Waals surface area contributed by atoms with Crippen LogP contribution in [0.25, 0.3) is 33.5 Å². The maximum absolute atomic E-state index is 11.4. The third kappa shape index (κ3) is 3.35. The highest BCUT2D eigenvalue weighted by Crippen LogP contribution is 2.34. The van der Waals surface area contributed by atoms with E-state index in [9.17, 15) is 10.1 Å². The standard InChI is InChI=1S/C20H11Cl2N3O2/c21-14-8-4-12(5-9-14)18-19(13-6-10-15(22)11-7-13)24-20-16(23-18)2-1-3-17(20)25(26)27/h1-11H. The Morgan fingerprint density at radius 3 is 1.78 bits per heavy atom. The lowest BCUT2D eigenvalue weighted by Crippen LogP contribution is -1.98. The lowest BCUT2D eigenvalue weighted by Gasteiger charge is -2.11. The highest BCUT2D eigenvalue weighted by molar-refractivity contribution is 6.31. The zero-order valence-electron chi connectivity index (χ0n) is 13.8. The van der Waals surface area contributed by atoms with Gasteiger partial charge >= 0.3 is 0 Å². The van der Waals surface area contributed by atoms with Crippen LogP contribution >= 0.6 is 23.2 Å². The van der Waals surface area contributed by atoms with Gasteiger partial charge in [-0.05, 0) is 30.3 Å². The Balaban J connectivity index is 2.05. The molecule has 0 saturated carbocycles. The van der Waals surface area contributed by atoms with Crippen molar-refractivity contribution in [1.29, 1.82) is 0 Å². The first kappa shape index (κ1) is 17.4. The molecule has 4 aromatic rings. The minimum atomic E-state index is -0.454. The number of hydrogen-bond acceptors (Lipinski definition) is 4. The van der Waals surface area contributed by atoms with Crippen LogP contribution in [0.3, 0.4) is 0 Å². The molecule has 0 aliphatic heterocycles. The summed E-state index contributed by atoms with van der Waals surface area (Å²) in [7, 11) is 0. The van der Waals surface area contributed by atoms with Gasteiger partial charge < -0.3 is 0 Å². The normalized spacial score (nSPS) is 10.9. The molecule has 0 unspecified atom stereocenters. The van der Waals surface area contributed by atoms with Gasteiger partial charge in [-0.3, -0.25) is 10.1 Å². The monoisotopic (exact) mass is 395 g/mol. The molecule has 0 spiro atoms. The maximum Gasteiger partial charge on any atom is 0.297 e. The molecule has 0 amide bonds. The zero-order chi connectivity index (χ0) is 19.0. The fourth-order valence-corrected chi connectivity index (χ4v) is 3.08. The maximum atomic E-state index is 11.4. The van der Waals surface area contributed by atoms with Crippen molar-refractivity contribution in [2.75, 3.05) is 0 Å². The van der Waals surface area contributed by atoms with E-state index in [4.69, 9.17) is 23.2 Å². The molecule has 0 aliphatic carbocycles. The lowest BCUT2D eigenvalue weighted by atomic mass is 10.0. The third-order valence-corrected chi connectivity index (χ3v) is 4.61. The highest BCUT2D eigenvalue weighted by Gasteiger charge is 2.19. The van der Waals surface area contributed by atoms with Gasteiger partial charge in [0.05, 0.1) is 21.8 Å². The number of halogens is 2. The number of hydrogen-bond donors (Lipinski definition) is 0. The molecule has 27 heavy (non-hydrogen) atoms. The van der Waals surface area contributed by atoms with E-state index in [1.165, 1.54) is 6.07 Å². The molecule has 0 aliphatic rings. The minimum absolute atomic E-state index is 0.0853. The highest BCUT2D eigenvalue weighted by atomic mass is 35.5. The number of rotatable bonds is 3. The summed E-state index contributed by atoms with van der Waals surface area (Å²) >= 11 is 12.0. The number of nitrogens with zero attached hydrogens (tertiary/aromatic N) is 3. The molecule has 1 aromatic heterocycles. The Bertz CT molecular complexity index is 1160. The SMILES string of the molecule is O=[N+]([O-])c1cccc2nc(-c3ccc(Cl)cc3)c(-c3ccc(Cl)cc3)nc12. The summed E-state index contributed by atoms with van der Waals surface area (Å²) in [5, 5.41) is 12.6. The summed E-state index contributed by atoms with van der Waals surface area (Å²) in [6.45, 7) is 0. The van der Waals surface area contributed by atoms with Gasteiger partial charge in [0.15, 0.2) is 5.52 Å². The van der Waals surface area contributed by atoms with Gasteiger partial charge in [-0.15, -0.1) is 0 Å². The molecule has 7 heteroatoms. The summed E-state index contributed by atoms with van der Waals surface area (Å²) < 4.78 is 0. The predicted molar refractivity (Wildman–Crippen MR) is 107 cm³/mol. The number of aromatic nitrogens is 2. The van der Waals surface area contributed by atoms with Crippen LogP contribution in [0, 0.1) is 10.1 Å². The largest absolute Gasteiger partial charge is 0.297 e. The topological polar surface area (TPSA) is 68.9 Å². The first-order valence-corrected chi connectivity index (χ1v) is 8.75. The fraction of sp³-hybridized carbons (Fsp3) is 0. The molecule has 4 rings (SSSR count). The van der Waals surface area contributed by atoms with Crippen molar-refractivity contribution in [3.63, 3.8) is 0 Å². The molecule has 0 radical (unpaired) electrons. The first-order chi connectivity index (χ1) is 13.0. The Kier molecular flexibility index (Phi) is 4.48. The summed E-state index contributed by atoms with van der Waals surface area (Å²) in [4.78, 5) is 20.2. The minimum Gasteiger partial charge on any atom is -0.258 e. The van der Waals surface area contributed by atoms with E-state index >= 15 is 0 Å². The molecule has 0 atom stereocenters. The second-order valence-corrected chi connectivity index (χ2v) is 6.71. The van der Waals surface area contributed by atoms with Crippen molar-refractivity contribution >= 4 is 39.9 Å². The van der Waals surface area contributed by atoms with Crippen LogP contribution in [0.4, 0.5) is 5.69 Å². The number of nitro groups is 1. The van der Waals surface area contributed by atoms with Gasteiger partial charge in [-0.1, -0.05) is 53.5 Å². The number of fused-ring (bicyclic) bond motifs is 1. The summed E-state index contributed by atoms with van der Waals surface area (Å²) in [5.41, 5.74) is 3.33. The van der Waals surface area contributed by atoms with Crippen molar-refractivity contribution < 1.29 is 4.92 Å². The van der Waals surface area contributed by atoms with Crippen molar-refractivity contribution in [3.05, 3.63) is 86.9 Å². The summed E-state index contributed by atoms with van der Waals surface area (Å²) in [5.74, 6) is 0.